The zero-order valence-electron chi connectivity index (χ0n) is 5.80. The minimum Gasteiger partial charge on any atom is -0.363 e. The van der Waals surface area contributed by atoms with E-state index in [1.54, 1.807) is 0 Å². The first-order valence-electron chi connectivity index (χ1n) is 3.53. The Bertz CT molecular complexity index is 161. The third kappa shape index (κ3) is 1.56. The van der Waals surface area contributed by atoms with E-state index in [0.29, 0.717) is 12.3 Å². The highest BCUT2D eigenvalue weighted by atomic mass is 16.2. The lowest BCUT2D eigenvalue weighted by Crippen LogP contribution is -2.27. The predicted octanol–water partition coefficient (Wildman–Crippen LogP) is 0.231. The van der Waals surface area contributed by atoms with Gasteiger partial charge in [-0.05, 0) is 18.8 Å². The number of Topliss-reactive ketones (excluding diaryl/α,β-unsaturated/α-hetero) is 1. The molecule has 0 radical (unpaired) electrons. The summed E-state index contributed by atoms with van der Waals surface area (Å²) in [6.07, 6.45) is 3.73. The summed E-state index contributed by atoms with van der Waals surface area (Å²) in [6.45, 7) is 0. The quantitative estimate of drug-likeness (QED) is 0.572. The van der Waals surface area contributed by atoms with Crippen molar-refractivity contribution in [2.45, 2.75) is 25.7 Å². The maximum Gasteiger partial charge on any atom is 0.284 e. The average Bonchev–Trinajstić information content (AvgIpc) is 1.77. The third-order valence-electron chi connectivity index (χ3n) is 1.97. The van der Waals surface area contributed by atoms with Crippen LogP contribution in [0.3, 0.4) is 0 Å². The molecule has 0 heterocycles. The minimum atomic E-state index is -0.785. The van der Waals surface area contributed by atoms with Crippen LogP contribution in [0.1, 0.15) is 25.7 Å². The van der Waals surface area contributed by atoms with Crippen LogP contribution in [-0.2, 0) is 9.59 Å². The van der Waals surface area contributed by atoms with Crippen LogP contribution >= 0.6 is 0 Å². The molecule has 0 saturated heterocycles. The van der Waals surface area contributed by atoms with E-state index in [-0.39, 0.29) is 0 Å². The molecule has 0 spiro atoms. The lowest BCUT2D eigenvalue weighted by atomic mass is 9.82. The van der Waals surface area contributed by atoms with Gasteiger partial charge in [-0.25, -0.2) is 0 Å². The van der Waals surface area contributed by atoms with Crippen molar-refractivity contribution in [3.63, 3.8) is 0 Å². The Morgan fingerprint density at radius 1 is 1.40 bits per heavy atom. The fourth-order valence-corrected chi connectivity index (χ4v) is 1.06. The highest BCUT2D eigenvalue weighted by Gasteiger charge is 2.22. The number of primary amides is 1. The second-order valence-corrected chi connectivity index (χ2v) is 2.79. The normalized spacial score (nSPS) is 18.0. The van der Waals surface area contributed by atoms with Crippen LogP contribution in [0.2, 0.25) is 0 Å². The Hall–Kier alpha value is -0.860. The number of rotatable bonds is 3. The molecule has 1 rings (SSSR count). The molecule has 1 saturated carbocycles. The Labute approximate surface area is 59.6 Å². The summed E-state index contributed by atoms with van der Waals surface area (Å²) in [6, 6.07) is 0. The predicted molar refractivity (Wildman–Crippen MR) is 36.2 cm³/mol. The van der Waals surface area contributed by atoms with Crippen LogP contribution in [-0.4, -0.2) is 11.7 Å². The second-order valence-electron chi connectivity index (χ2n) is 2.79. The van der Waals surface area contributed by atoms with Crippen molar-refractivity contribution in [3.05, 3.63) is 0 Å². The van der Waals surface area contributed by atoms with Gasteiger partial charge >= 0.3 is 0 Å². The molecule has 0 aromatic rings. The van der Waals surface area contributed by atoms with Crippen molar-refractivity contribution < 1.29 is 9.59 Å². The molecule has 0 bridgehead atoms. The molecule has 0 atom stereocenters. The van der Waals surface area contributed by atoms with Gasteiger partial charge in [0.05, 0.1) is 0 Å². The molecule has 0 aromatic heterocycles. The third-order valence-corrected chi connectivity index (χ3v) is 1.97. The number of nitrogens with two attached hydrogens (primary N) is 1. The zero-order valence-corrected chi connectivity index (χ0v) is 5.80. The maximum atomic E-state index is 10.7. The lowest BCUT2D eigenvalue weighted by molar-refractivity contribution is -0.136. The van der Waals surface area contributed by atoms with E-state index >= 15 is 0 Å². The first kappa shape index (κ1) is 7.25. The molecule has 3 nitrogen and oxygen atoms in total. The van der Waals surface area contributed by atoms with E-state index in [1.165, 1.54) is 6.42 Å². The minimum absolute atomic E-state index is 0.370. The van der Waals surface area contributed by atoms with E-state index < -0.39 is 11.7 Å². The summed E-state index contributed by atoms with van der Waals surface area (Å²) in [7, 11) is 0. The fraction of sp³-hybridized carbons (Fsp3) is 0.714. The summed E-state index contributed by atoms with van der Waals surface area (Å²) in [4.78, 5) is 20.9. The number of carbonyl (C=O) groups excluding carboxylic acids is 2. The first-order valence-corrected chi connectivity index (χ1v) is 3.53. The van der Waals surface area contributed by atoms with Gasteiger partial charge in [-0.2, -0.15) is 0 Å². The Morgan fingerprint density at radius 2 is 2.00 bits per heavy atom. The van der Waals surface area contributed by atoms with Crippen LogP contribution < -0.4 is 5.73 Å². The van der Waals surface area contributed by atoms with Crippen LogP contribution in [0.4, 0.5) is 0 Å². The monoisotopic (exact) mass is 141 g/mol. The topological polar surface area (TPSA) is 60.2 Å². The van der Waals surface area contributed by atoms with Crippen molar-refractivity contribution in [2.24, 2.45) is 11.7 Å². The van der Waals surface area contributed by atoms with Crippen LogP contribution in [0.15, 0.2) is 0 Å². The molecule has 1 amide bonds. The SMILES string of the molecule is NC(=O)C(=O)CC1CCC1. The molecule has 56 valence electrons. The Morgan fingerprint density at radius 3 is 2.30 bits per heavy atom. The van der Waals surface area contributed by atoms with Crippen LogP contribution in [0, 0.1) is 5.92 Å². The number of hydrogen-bond donors (Lipinski definition) is 1. The molecule has 10 heavy (non-hydrogen) atoms. The molecular weight excluding hydrogens is 130 g/mol. The van der Waals surface area contributed by atoms with Gasteiger partial charge in [0.15, 0.2) is 0 Å². The highest BCUT2D eigenvalue weighted by Crippen LogP contribution is 2.29. The van der Waals surface area contributed by atoms with Crippen LogP contribution in [0.25, 0.3) is 0 Å². The fourth-order valence-electron chi connectivity index (χ4n) is 1.06. The molecule has 0 aromatic carbocycles. The van der Waals surface area contributed by atoms with E-state index in [0.717, 1.165) is 12.8 Å². The van der Waals surface area contributed by atoms with Crippen LogP contribution in [0.5, 0.6) is 0 Å². The van der Waals surface area contributed by atoms with Crippen molar-refractivity contribution in [3.8, 4) is 0 Å². The van der Waals surface area contributed by atoms with Gasteiger partial charge in [0.2, 0.25) is 5.78 Å². The Kier molecular flexibility index (Phi) is 2.04. The first-order chi connectivity index (χ1) is 4.70. The van der Waals surface area contributed by atoms with E-state index in [9.17, 15) is 9.59 Å². The molecule has 0 unspecified atom stereocenters. The average molecular weight is 141 g/mol. The molecule has 2 N–H and O–H groups in total. The van der Waals surface area contributed by atoms with E-state index in [2.05, 4.69) is 0 Å². The molecule has 1 aliphatic carbocycles. The molecule has 1 fully saturated rings. The van der Waals surface area contributed by atoms with Gasteiger partial charge < -0.3 is 5.73 Å². The summed E-state index contributed by atoms with van der Waals surface area (Å²) >= 11 is 0. The van der Waals surface area contributed by atoms with Gasteiger partial charge in [-0.3, -0.25) is 9.59 Å². The summed E-state index contributed by atoms with van der Waals surface area (Å²) < 4.78 is 0. The molecular formula is C7H11NO2. The maximum absolute atomic E-state index is 10.7. The summed E-state index contributed by atoms with van der Waals surface area (Å²) in [5.41, 5.74) is 4.77. The van der Waals surface area contributed by atoms with Gasteiger partial charge in [0, 0.05) is 6.42 Å². The standard InChI is InChI=1S/C7H11NO2/c8-7(10)6(9)4-5-2-1-3-5/h5H,1-4H2,(H2,8,10). The van der Waals surface area contributed by atoms with E-state index in [4.69, 9.17) is 5.73 Å². The largest absolute Gasteiger partial charge is 0.363 e. The number of hydrogen-bond acceptors (Lipinski definition) is 2. The van der Waals surface area contributed by atoms with Crippen molar-refractivity contribution in [2.75, 3.05) is 0 Å². The number of carbonyl (C=O) groups is 2. The summed E-state index contributed by atoms with van der Waals surface area (Å²) in [5.74, 6) is -0.753. The van der Waals surface area contributed by atoms with Gasteiger partial charge in [-0.15, -0.1) is 0 Å². The van der Waals surface area contributed by atoms with E-state index in [1.807, 2.05) is 0 Å². The second kappa shape index (κ2) is 2.82. The lowest BCUT2D eigenvalue weighted by Gasteiger charge is -2.23. The zero-order chi connectivity index (χ0) is 7.56. The summed E-state index contributed by atoms with van der Waals surface area (Å²) in [5, 5.41) is 0. The number of ketones is 1. The Balaban J connectivity index is 2.23. The van der Waals surface area contributed by atoms with Gasteiger partial charge in [-0.1, -0.05) is 6.42 Å². The van der Waals surface area contributed by atoms with Crippen molar-refractivity contribution >= 4 is 11.7 Å². The van der Waals surface area contributed by atoms with Gasteiger partial charge in [0.1, 0.15) is 0 Å². The van der Waals surface area contributed by atoms with Gasteiger partial charge in [0.25, 0.3) is 5.91 Å². The molecule has 1 aliphatic rings. The number of amides is 1. The highest BCUT2D eigenvalue weighted by molar-refractivity contribution is 6.35. The smallest absolute Gasteiger partial charge is 0.284 e. The van der Waals surface area contributed by atoms with Crippen molar-refractivity contribution in [1.29, 1.82) is 0 Å². The molecule has 0 aliphatic heterocycles. The van der Waals surface area contributed by atoms with Crippen molar-refractivity contribution in [1.82, 2.24) is 0 Å². The molecule has 3 heteroatoms.